The highest BCUT2D eigenvalue weighted by Gasteiger charge is 2.29. The molecule has 0 saturated carbocycles. The molecular weight excluding hydrogens is 460 g/mol. The lowest BCUT2D eigenvalue weighted by Crippen LogP contribution is -2.51. The molecule has 0 spiro atoms. The number of nitrogens with zero attached hydrogens (tertiary/aromatic N) is 1. The molecular formula is C24H31BrN2O4. The minimum Gasteiger partial charge on any atom is -0.497 e. The van der Waals surface area contributed by atoms with Crippen LogP contribution in [0.15, 0.2) is 53.0 Å². The fraction of sp³-hybridized carbons (Fsp3) is 0.417. The summed E-state index contributed by atoms with van der Waals surface area (Å²) in [6.07, 6.45) is 1.31. The normalized spacial score (nSPS) is 12.5. The zero-order chi connectivity index (χ0) is 22.8. The van der Waals surface area contributed by atoms with Crippen LogP contribution in [-0.4, -0.2) is 42.5 Å². The van der Waals surface area contributed by atoms with Crippen molar-refractivity contribution >= 4 is 27.7 Å². The summed E-state index contributed by atoms with van der Waals surface area (Å²) in [6.45, 7) is 6.00. The number of amides is 2. The highest BCUT2D eigenvalue weighted by molar-refractivity contribution is 9.10. The molecule has 0 fully saturated rings. The summed E-state index contributed by atoms with van der Waals surface area (Å²) in [5.41, 5.74) is 0.881. The van der Waals surface area contributed by atoms with E-state index in [1.807, 2.05) is 57.2 Å². The van der Waals surface area contributed by atoms with E-state index in [0.29, 0.717) is 17.9 Å². The summed E-state index contributed by atoms with van der Waals surface area (Å²) in [7, 11) is 1.60. The molecule has 168 valence electrons. The Hall–Kier alpha value is -2.54. The Balaban J connectivity index is 2.22. The summed E-state index contributed by atoms with van der Waals surface area (Å²) >= 11 is 3.38. The molecule has 0 heterocycles. The zero-order valence-electron chi connectivity index (χ0n) is 18.6. The molecule has 6 nitrogen and oxygen atoms in total. The van der Waals surface area contributed by atoms with Crippen LogP contribution in [-0.2, 0) is 16.1 Å². The molecule has 0 bridgehead atoms. The second kappa shape index (κ2) is 12.3. The standard InChI is InChI=1S/C24H31BrN2O4/c1-5-17(3)26-24(29)22(6-2)27(15-18-8-7-9-21(14-18)30-4)23(28)16-31-20-12-10-19(25)11-13-20/h7-14,17,22H,5-6,15-16H2,1-4H3,(H,26,29)/t17-,22-/m0/s1. The maximum absolute atomic E-state index is 13.2. The van der Waals surface area contributed by atoms with E-state index < -0.39 is 6.04 Å². The van der Waals surface area contributed by atoms with Gasteiger partial charge < -0.3 is 19.7 Å². The maximum atomic E-state index is 13.2. The number of ether oxygens (including phenoxy) is 2. The van der Waals surface area contributed by atoms with Crippen LogP contribution in [0.4, 0.5) is 0 Å². The van der Waals surface area contributed by atoms with Gasteiger partial charge in [-0.05, 0) is 61.7 Å². The molecule has 2 aromatic rings. The molecule has 2 aromatic carbocycles. The first-order chi connectivity index (χ1) is 14.9. The lowest BCUT2D eigenvalue weighted by atomic mass is 10.1. The third-order valence-corrected chi connectivity index (χ3v) is 5.58. The second-order valence-electron chi connectivity index (χ2n) is 7.36. The van der Waals surface area contributed by atoms with Crippen LogP contribution in [0, 0.1) is 0 Å². The first kappa shape index (κ1) is 24.7. The summed E-state index contributed by atoms with van der Waals surface area (Å²) in [5, 5.41) is 3.00. The summed E-state index contributed by atoms with van der Waals surface area (Å²) < 4.78 is 11.9. The SMILES string of the molecule is CC[C@H](C)NC(=O)[C@H](CC)N(Cc1cccc(OC)c1)C(=O)COc1ccc(Br)cc1. The summed E-state index contributed by atoms with van der Waals surface area (Å²) in [6, 6.07) is 14.2. The number of benzene rings is 2. The molecule has 0 aromatic heterocycles. The molecule has 2 atom stereocenters. The van der Waals surface area contributed by atoms with Crippen LogP contribution in [0.5, 0.6) is 11.5 Å². The monoisotopic (exact) mass is 490 g/mol. The van der Waals surface area contributed by atoms with Gasteiger partial charge in [-0.3, -0.25) is 9.59 Å². The molecule has 31 heavy (non-hydrogen) atoms. The summed E-state index contributed by atoms with van der Waals surface area (Å²) in [4.78, 5) is 27.7. The Morgan fingerprint density at radius 3 is 2.39 bits per heavy atom. The van der Waals surface area contributed by atoms with Crippen molar-refractivity contribution in [3.05, 3.63) is 58.6 Å². The van der Waals surface area contributed by atoms with Crippen LogP contribution < -0.4 is 14.8 Å². The molecule has 0 aliphatic heterocycles. The number of methoxy groups -OCH3 is 1. The minimum atomic E-state index is -0.596. The number of nitrogens with one attached hydrogen (secondary N) is 1. The zero-order valence-corrected chi connectivity index (χ0v) is 20.1. The van der Waals surface area contributed by atoms with Crippen LogP contribution in [0.25, 0.3) is 0 Å². The van der Waals surface area contributed by atoms with E-state index in [4.69, 9.17) is 9.47 Å². The van der Waals surface area contributed by atoms with Crippen molar-refractivity contribution in [1.82, 2.24) is 10.2 Å². The van der Waals surface area contributed by atoms with Gasteiger partial charge in [0.1, 0.15) is 17.5 Å². The molecule has 0 unspecified atom stereocenters. The Labute approximate surface area is 193 Å². The van der Waals surface area contributed by atoms with Crippen LogP contribution in [0.1, 0.15) is 39.2 Å². The summed E-state index contributed by atoms with van der Waals surface area (Å²) in [5.74, 6) is 0.886. The van der Waals surface area contributed by atoms with E-state index in [1.165, 1.54) is 0 Å². The lowest BCUT2D eigenvalue weighted by Gasteiger charge is -2.31. The van der Waals surface area contributed by atoms with Gasteiger partial charge in [0.15, 0.2) is 6.61 Å². The number of halogens is 1. The smallest absolute Gasteiger partial charge is 0.261 e. The van der Waals surface area contributed by atoms with Gasteiger partial charge in [0, 0.05) is 17.1 Å². The van der Waals surface area contributed by atoms with E-state index in [-0.39, 0.29) is 31.0 Å². The minimum absolute atomic E-state index is 0.0364. The molecule has 2 rings (SSSR count). The molecule has 1 N–H and O–H groups in total. The quantitative estimate of drug-likeness (QED) is 0.501. The van der Waals surface area contributed by atoms with Gasteiger partial charge in [-0.15, -0.1) is 0 Å². The van der Waals surface area contributed by atoms with Crippen molar-refractivity contribution in [2.24, 2.45) is 0 Å². The van der Waals surface area contributed by atoms with Gasteiger partial charge in [0.2, 0.25) is 5.91 Å². The highest BCUT2D eigenvalue weighted by Crippen LogP contribution is 2.19. The fourth-order valence-corrected chi connectivity index (χ4v) is 3.35. The average Bonchev–Trinajstić information content (AvgIpc) is 2.78. The van der Waals surface area contributed by atoms with Crippen molar-refractivity contribution in [3.8, 4) is 11.5 Å². The lowest BCUT2D eigenvalue weighted by molar-refractivity contribution is -0.143. The largest absolute Gasteiger partial charge is 0.497 e. The van der Waals surface area contributed by atoms with Crippen LogP contribution >= 0.6 is 15.9 Å². The Morgan fingerprint density at radius 1 is 1.06 bits per heavy atom. The van der Waals surface area contributed by atoms with Crippen molar-refractivity contribution in [3.63, 3.8) is 0 Å². The number of carbonyl (C=O) groups is 2. The highest BCUT2D eigenvalue weighted by atomic mass is 79.9. The van der Waals surface area contributed by atoms with Crippen molar-refractivity contribution < 1.29 is 19.1 Å². The third-order valence-electron chi connectivity index (χ3n) is 5.05. The van der Waals surface area contributed by atoms with Gasteiger partial charge in [0.05, 0.1) is 7.11 Å². The Kier molecular flexibility index (Phi) is 9.85. The predicted octanol–water partition coefficient (Wildman–Crippen LogP) is 4.56. The van der Waals surface area contributed by atoms with E-state index in [9.17, 15) is 9.59 Å². The van der Waals surface area contributed by atoms with E-state index in [2.05, 4.69) is 21.2 Å². The molecule has 0 aliphatic rings. The van der Waals surface area contributed by atoms with Crippen molar-refractivity contribution in [2.45, 2.75) is 52.2 Å². The molecule has 0 saturated heterocycles. The fourth-order valence-electron chi connectivity index (χ4n) is 3.09. The number of rotatable bonds is 11. The van der Waals surface area contributed by atoms with Crippen LogP contribution in [0.3, 0.4) is 0 Å². The first-order valence-electron chi connectivity index (χ1n) is 10.5. The van der Waals surface area contributed by atoms with Gasteiger partial charge in [-0.1, -0.05) is 41.9 Å². The van der Waals surface area contributed by atoms with Gasteiger partial charge in [-0.2, -0.15) is 0 Å². The number of hydrogen-bond donors (Lipinski definition) is 1. The van der Waals surface area contributed by atoms with Crippen LogP contribution in [0.2, 0.25) is 0 Å². The van der Waals surface area contributed by atoms with E-state index in [0.717, 1.165) is 16.5 Å². The number of hydrogen-bond acceptors (Lipinski definition) is 4. The molecule has 2 amide bonds. The first-order valence-corrected chi connectivity index (χ1v) is 11.3. The van der Waals surface area contributed by atoms with E-state index >= 15 is 0 Å². The maximum Gasteiger partial charge on any atom is 0.261 e. The second-order valence-corrected chi connectivity index (χ2v) is 8.27. The third kappa shape index (κ3) is 7.58. The molecule has 0 aliphatic carbocycles. The van der Waals surface area contributed by atoms with Gasteiger partial charge in [0.25, 0.3) is 5.91 Å². The molecule has 0 radical (unpaired) electrons. The predicted molar refractivity (Wildman–Crippen MR) is 125 cm³/mol. The van der Waals surface area contributed by atoms with Gasteiger partial charge in [-0.25, -0.2) is 0 Å². The van der Waals surface area contributed by atoms with Crippen molar-refractivity contribution in [1.29, 1.82) is 0 Å². The average molecular weight is 491 g/mol. The number of carbonyl (C=O) groups excluding carboxylic acids is 2. The van der Waals surface area contributed by atoms with Gasteiger partial charge >= 0.3 is 0 Å². The Bertz CT molecular complexity index is 857. The van der Waals surface area contributed by atoms with E-state index in [1.54, 1.807) is 24.1 Å². The van der Waals surface area contributed by atoms with Crippen molar-refractivity contribution in [2.75, 3.05) is 13.7 Å². The Morgan fingerprint density at radius 2 is 1.77 bits per heavy atom. The topological polar surface area (TPSA) is 67.9 Å². The molecule has 7 heteroatoms.